The van der Waals surface area contributed by atoms with Crippen LogP contribution in [0.3, 0.4) is 0 Å². The van der Waals surface area contributed by atoms with Crippen molar-refractivity contribution in [3.8, 4) is 5.69 Å². The third-order valence-electron chi connectivity index (χ3n) is 4.72. The van der Waals surface area contributed by atoms with Crippen LogP contribution < -0.4 is 5.56 Å². The number of nitrogens with zero attached hydrogens (tertiary/aromatic N) is 6. The Kier molecular flexibility index (Phi) is 4.24. The van der Waals surface area contributed by atoms with Gasteiger partial charge in [-0.05, 0) is 38.3 Å². The summed E-state index contributed by atoms with van der Waals surface area (Å²) in [6.45, 7) is 3.50. The number of amides is 1. The zero-order chi connectivity index (χ0) is 18.1. The van der Waals surface area contributed by atoms with Gasteiger partial charge in [0.2, 0.25) is 5.91 Å². The average molecular weight is 352 g/mol. The molecule has 0 radical (unpaired) electrons. The van der Waals surface area contributed by atoms with Crippen molar-refractivity contribution >= 4 is 17.1 Å². The number of carbonyl (C=O) groups excluding carboxylic acids is 1. The van der Waals surface area contributed by atoms with Crippen LogP contribution in [0, 0.1) is 6.92 Å². The maximum absolute atomic E-state index is 12.7. The minimum absolute atomic E-state index is 0.0147. The van der Waals surface area contributed by atoms with E-state index < -0.39 is 0 Å². The molecule has 134 valence electrons. The van der Waals surface area contributed by atoms with Crippen LogP contribution in [0.2, 0.25) is 0 Å². The maximum atomic E-state index is 12.7. The molecule has 0 saturated carbocycles. The molecule has 1 aliphatic heterocycles. The standard InChI is InChI=1S/C18H20N6O2/c1-13-5-7-14(8-6-13)24-17-16(20-21-24)18(26)23(12-19-17)11-15(25)22-9-3-2-4-10-22/h5-8,12H,2-4,9-11H2,1H3. The summed E-state index contributed by atoms with van der Waals surface area (Å²) in [5.74, 6) is -0.0566. The van der Waals surface area contributed by atoms with Gasteiger partial charge in [-0.3, -0.25) is 14.2 Å². The van der Waals surface area contributed by atoms with Crippen molar-refractivity contribution in [1.82, 2.24) is 29.4 Å². The molecule has 1 aliphatic rings. The Morgan fingerprint density at radius 2 is 1.85 bits per heavy atom. The fraction of sp³-hybridized carbons (Fsp3) is 0.389. The Labute approximate surface area is 150 Å². The highest BCUT2D eigenvalue weighted by atomic mass is 16.2. The molecule has 0 aliphatic carbocycles. The number of fused-ring (bicyclic) bond motifs is 1. The summed E-state index contributed by atoms with van der Waals surface area (Å²) >= 11 is 0. The van der Waals surface area contributed by atoms with Crippen molar-refractivity contribution in [1.29, 1.82) is 0 Å². The number of likely N-dealkylation sites (tertiary alicyclic amines) is 1. The summed E-state index contributed by atoms with van der Waals surface area (Å²) in [7, 11) is 0. The molecule has 0 N–H and O–H groups in total. The van der Waals surface area contributed by atoms with Crippen molar-refractivity contribution in [2.24, 2.45) is 0 Å². The minimum atomic E-state index is -0.348. The smallest absolute Gasteiger partial charge is 0.284 e. The molecule has 3 aromatic rings. The van der Waals surface area contributed by atoms with E-state index in [1.807, 2.05) is 36.1 Å². The van der Waals surface area contributed by atoms with Crippen molar-refractivity contribution < 1.29 is 4.79 Å². The van der Waals surface area contributed by atoms with E-state index in [0.29, 0.717) is 5.65 Å². The molecule has 1 fully saturated rings. The molecule has 3 heterocycles. The largest absolute Gasteiger partial charge is 0.341 e. The first kappa shape index (κ1) is 16.4. The van der Waals surface area contributed by atoms with Gasteiger partial charge in [0.05, 0.1) is 5.69 Å². The van der Waals surface area contributed by atoms with Crippen LogP contribution in [-0.4, -0.2) is 48.4 Å². The fourth-order valence-electron chi connectivity index (χ4n) is 3.21. The fourth-order valence-corrected chi connectivity index (χ4v) is 3.21. The molecule has 4 rings (SSSR count). The maximum Gasteiger partial charge on any atom is 0.284 e. The quantitative estimate of drug-likeness (QED) is 0.709. The highest BCUT2D eigenvalue weighted by Crippen LogP contribution is 2.13. The molecular formula is C18H20N6O2. The molecule has 1 amide bonds. The molecule has 0 atom stereocenters. The van der Waals surface area contributed by atoms with E-state index in [2.05, 4.69) is 15.3 Å². The minimum Gasteiger partial charge on any atom is -0.341 e. The van der Waals surface area contributed by atoms with Gasteiger partial charge in [-0.2, -0.15) is 4.68 Å². The van der Waals surface area contributed by atoms with Crippen molar-refractivity contribution in [2.45, 2.75) is 32.7 Å². The molecule has 26 heavy (non-hydrogen) atoms. The molecule has 0 bridgehead atoms. The Balaban J connectivity index is 1.64. The number of rotatable bonds is 3. The van der Waals surface area contributed by atoms with E-state index in [4.69, 9.17) is 0 Å². The number of aromatic nitrogens is 5. The zero-order valence-electron chi connectivity index (χ0n) is 14.6. The van der Waals surface area contributed by atoms with E-state index in [0.717, 1.165) is 43.6 Å². The Morgan fingerprint density at radius 1 is 1.12 bits per heavy atom. The number of carbonyl (C=O) groups is 1. The van der Waals surface area contributed by atoms with Crippen molar-refractivity contribution in [3.63, 3.8) is 0 Å². The van der Waals surface area contributed by atoms with Gasteiger partial charge in [0, 0.05) is 13.1 Å². The third-order valence-corrected chi connectivity index (χ3v) is 4.72. The molecule has 2 aromatic heterocycles. The van der Waals surface area contributed by atoms with Crippen LogP contribution >= 0.6 is 0 Å². The number of aryl methyl sites for hydroxylation is 1. The SMILES string of the molecule is Cc1ccc(-n2nnc3c(=O)n(CC(=O)N4CCCCC4)cnc32)cc1. The van der Waals surface area contributed by atoms with Crippen LogP contribution in [0.15, 0.2) is 35.4 Å². The predicted molar refractivity (Wildman–Crippen MR) is 96.1 cm³/mol. The van der Waals surface area contributed by atoms with E-state index >= 15 is 0 Å². The highest BCUT2D eigenvalue weighted by Gasteiger charge is 2.19. The first-order valence-electron chi connectivity index (χ1n) is 8.79. The number of hydrogen-bond donors (Lipinski definition) is 0. The van der Waals surface area contributed by atoms with Gasteiger partial charge in [0.1, 0.15) is 12.9 Å². The topological polar surface area (TPSA) is 85.9 Å². The molecule has 0 unspecified atom stereocenters. The second-order valence-electron chi connectivity index (χ2n) is 6.63. The second-order valence-corrected chi connectivity index (χ2v) is 6.63. The van der Waals surface area contributed by atoms with E-state index in [9.17, 15) is 9.59 Å². The van der Waals surface area contributed by atoms with Crippen LogP contribution in [-0.2, 0) is 11.3 Å². The normalized spacial score (nSPS) is 14.7. The lowest BCUT2D eigenvalue weighted by Crippen LogP contribution is -2.39. The Bertz CT molecular complexity index is 999. The summed E-state index contributed by atoms with van der Waals surface area (Å²) in [4.78, 5) is 31.2. The molecule has 1 aromatic carbocycles. The predicted octanol–water partition coefficient (Wildman–Crippen LogP) is 1.30. The van der Waals surface area contributed by atoms with Gasteiger partial charge in [0.15, 0.2) is 11.2 Å². The van der Waals surface area contributed by atoms with E-state index in [-0.39, 0.29) is 23.5 Å². The number of benzene rings is 1. The van der Waals surface area contributed by atoms with Gasteiger partial charge in [-0.15, -0.1) is 5.10 Å². The monoisotopic (exact) mass is 352 g/mol. The number of piperidine rings is 1. The third kappa shape index (κ3) is 2.98. The van der Waals surface area contributed by atoms with Gasteiger partial charge >= 0.3 is 0 Å². The lowest BCUT2D eigenvalue weighted by Gasteiger charge is -2.26. The van der Waals surface area contributed by atoms with E-state index in [1.165, 1.54) is 15.6 Å². The average Bonchev–Trinajstić information content (AvgIpc) is 3.10. The molecule has 1 saturated heterocycles. The second kappa shape index (κ2) is 6.70. The summed E-state index contributed by atoms with van der Waals surface area (Å²) in [5, 5.41) is 8.05. The van der Waals surface area contributed by atoms with Crippen LogP contribution in [0.1, 0.15) is 24.8 Å². The first-order chi connectivity index (χ1) is 12.6. The van der Waals surface area contributed by atoms with E-state index in [1.54, 1.807) is 0 Å². The van der Waals surface area contributed by atoms with Gasteiger partial charge in [0.25, 0.3) is 5.56 Å². The highest BCUT2D eigenvalue weighted by molar-refractivity contribution is 5.77. The summed E-state index contributed by atoms with van der Waals surface area (Å²) in [6, 6.07) is 7.72. The molecule has 8 nitrogen and oxygen atoms in total. The number of hydrogen-bond acceptors (Lipinski definition) is 5. The van der Waals surface area contributed by atoms with Crippen LogP contribution in [0.4, 0.5) is 0 Å². The summed E-state index contributed by atoms with van der Waals surface area (Å²) in [6.07, 6.45) is 4.59. The van der Waals surface area contributed by atoms with Crippen LogP contribution in [0.5, 0.6) is 0 Å². The van der Waals surface area contributed by atoms with Crippen molar-refractivity contribution in [2.75, 3.05) is 13.1 Å². The van der Waals surface area contributed by atoms with Gasteiger partial charge in [-0.25, -0.2) is 4.98 Å². The molecule has 0 spiro atoms. The lowest BCUT2D eigenvalue weighted by atomic mass is 10.1. The van der Waals surface area contributed by atoms with Crippen molar-refractivity contribution in [3.05, 3.63) is 46.5 Å². The van der Waals surface area contributed by atoms with Crippen LogP contribution in [0.25, 0.3) is 16.9 Å². The zero-order valence-corrected chi connectivity index (χ0v) is 14.6. The summed E-state index contributed by atoms with van der Waals surface area (Å²) < 4.78 is 2.85. The van der Waals surface area contributed by atoms with Gasteiger partial charge in [-0.1, -0.05) is 22.9 Å². The van der Waals surface area contributed by atoms with Gasteiger partial charge < -0.3 is 4.90 Å². The Morgan fingerprint density at radius 3 is 2.58 bits per heavy atom. The lowest BCUT2D eigenvalue weighted by molar-refractivity contribution is -0.132. The first-order valence-corrected chi connectivity index (χ1v) is 8.79. The molecular weight excluding hydrogens is 332 g/mol. The molecule has 8 heteroatoms. The Hall–Kier alpha value is -3.03. The summed E-state index contributed by atoms with van der Waals surface area (Å²) in [5.41, 5.74) is 2.12.